The third kappa shape index (κ3) is 3.12. The lowest BCUT2D eigenvalue weighted by molar-refractivity contribution is -0.128. The summed E-state index contributed by atoms with van der Waals surface area (Å²) in [6.45, 7) is 1.99. The van der Waals surface area contributed by atoms with E-state index in [-0.39, 0.29) is 11.9 Å². The van der Waals surface area contributed by atoms with Gasteiger partial charge in [0.1, 0.15) is 11.3 Å². The highest BCUT2D eigenvalue weighted by molar-refractivity contribution is 7.99. The predicted molar refractivity (Wildman–Crippen MR) is 87.9 cm³/mol. The molecule has 3 rings (SSSR count). The molecule has 1 atom stereocenters. The number of rotatable bonds is 5. The van der Waals surface area contributed by atoms with E-state index in [9.17, 15) is 4.79 Å². The molecule has 0 saturated carbocycles. The summed E-state index contributed by atoms with van der Waals surface area (Å²) >= 11 is 2.97. The molecule has 0 saturated heterocycles. The van der Waals surface area contributed by atoms with Gasteiger partial charge in [-0.05, 0) is 19.1 Å². The normalized spacial score (nSPS) is 12.5. The lowest BCUT2D eigenvalue weighted by Crippen LogP contribution is -2.31. The van der Waals surface area contributed by atoms with Gasteiger partial charge in [-0.3, -0.25) is 9.89 Å². The molecule has 1 N–H and O–H groups in total. The van der Waals surface area contributed by atoms with E-state index >= 15 is 0 Å². The second-order valence-corrected chi connectivity index (χ2v) is 6.81. The number of thioether (sulfide) groups is 1. The van der Waals surface area contributed by atoms with E-state index in [1.54, 1.807) is 23.3 Å². The summed E-state index contributed by atoms with van der Waals surface area (Å²) < 4.78 is 1.14. The number of hydrogen-bond donors (Lipinski definition) is 1. The van der Waals surface area contributed by atoms with E-state index in [1.165, 1.54) is 18.1 Å². The van der Waals surface area contributed by atoms with E-state index in [0.717, 1.165) is 15.2 Å². The molecule has 114 valence electrons. The number of aromatic nitrogens is 4. The Morgan fingerprint density at radius 1 is 1.45 bits per heavy atom. The molecule has 0 unspecified atom stereocenters. The van der Waals surface area contributed by atoms with Gasteiger partial charge in [0.05, 0.1) is 22.0 Å². The van der Waals surface area contributed by atoms with Crippen LogP contribution >= 0.6 is 23.1 Å². The van der Waals surface area contributed by atoms with Crippen molar-refractivity contribution in [1.82, 2.24) is 25.1 Å². The number of benzene rings is 1. The Balaban J connectivity index is 1.67. The van der Waals surface area contributed by atoms with Crippen molar-refractivity contribution in [3.8, 4) is 0 Å². The van der Waals surface area contributed by atoms with Crippen molar-refractivity contribution in [2.24, 2.45) is 0 Å². The number of hydrogen-bond acceptors (Lipinski definition) is 6. The van der Waals surface area contributed by atoms with Gasteiger partial charge >= 0.3 is 0 Å². The smallest absolute Gasteiger partial charge is 0.233 e. The van der Waals surface area contributed by atoms with E-state index < -0.39 is 0 Å². The molecule has 6 nitrogen and oxygen atoms in total. The molecular formula is C14H15N5OS2. The van der Waals surface area contributed by atoms with Crippen LogP contribution in [-0.4, -0.2) is 43.8 Å². The Hall–Kier alpha value is -1.93. The Labute approximate surface area is 136 Å². The topological polar surface area (TPSA) is 74.8 Å². The van der Waals surface area contributed by atoms with Crippen molar-refractivity contribution in [3.63, 3.8) is 0 Å². The van der Waals surface area contributed by atoms with Crippen molar-refractivity contribution in [3.05, 3.63) is 35.6 Å². The van der Waals surface area contributed by atoms with Crippen LogP contribution in [0.2, 0.25) is 0 Å². The molecule has 0 fully saturated rings. The zero-order valence-corrected chi connectivity index (χ0v) is 13.8. The van der Waals surface area contributed by atoms with Crippen LogP contribution in [0.4, 0.5) is 0 Å². The largest absolute Gasteiger partial charge is 0.336 e. The highest BCUT2D eigenvalue weighted by Crippen LogP contribution is 2.29. The average Bonchev–Trinajstić information content (AvgIpc) is 3.19. The van der Waals surface area contributed by atoms with Crippen molar-refractivity contribution in [2.45, 2.75) is 18.1 Å². The maximum absolute atomic E-state index is 12.3. The number of carbonyl (C=O) groups is 1. The summed E-state index contributed by atoms with van der Waals surface area (Å²) in [6, 6.07) is 7.95. The number of amides is 1. The van der Waals surface area contributed by atoms with Gasteiger partial charge in [0, 0.05) is 7.05 Å². The molecule has 1 amide bonds. The first-order valence-corrected chi connectivity index (χ1v) is 8.54. The fourth-order valence-corrected chi connectivity index (χ4v) is 3.71. The lowest BCUT2D eigenvalue weighted by atomic mass is 10.3. The van der Waals surface area contributed by atoms with Crippen LogP contribution in [0.3, 0.4) is 0 Å². The van der Waals surface area contributed by atoms with Crippen molar-refractivity contribution in [1.29, 1.82) is 0 Å². The van der Waals surface area contributed by atoms with Crippen LogP contribution in [0, 0.1) is 0 Å². The van der Waals surface area contributed by atoms with Gasteiger partial charge in [-0.2, -0.15) is 5.10 Å². The second kappa shape index (κ2) is 6.45. The van der Waals surface area contributed by atoms with Gasteiger partial charge in [0.15, 0.2) is 5.16 Å². The Kier molecular flexibility index (Phi) is 4.39. The molecule has 1 aromatic carbocycles. The molecule has 0 spiro atoms. The van der Waals surface area contributed by atoms with Gasteiger partial charge in [-0.15, -0.1) is 11.3 Å². The van der Waals surface area contributed by atoms with Crippen molar-refractivity contribution < 1.29 is 4.79 Å². The summed E-state index contributed by atoms with van der Waals surface area (Å²) in [4.78, 5) is 22.6. The number of para-hydroxylation sites is 1. The Morgan fingerprint density at radius 2 is 2.27 bits per heavy atom. The first-order valence-electron chi connectivity index (χ1n) is 6.74. The Morgan fingerprint density at radius 3 is 3.00 bits per heavy atom. The van der Waals surface area contributed by atoms with Gasteiger partial charge in [0.25, 0.3) is 0 Å². The minimum atomic E-state index is -0.0553. The van der Waals surface area contributed by atoms with Crippen LogP contribution < -0.4 is 0 Å². The second-order valence-electron chi connectivity index (χ2n) is 4.78. The minimum absolute atomic E-state index is 0.0353. The third-order valence-corrected chi connectivity index (χ3v) is 5.44. The number of aromatic amines is 1. The zero-order chi connectivity index (χ0) is 15.5. The van der Waals surface area contributed by atoms with Crippen molar-refractivity contribution in [2.75, 3.05) is 12.8 Å². The molecule has 8 heteroatoms. The highest BCUT2D eigenvalue weighted by Gasteiger charge is 2.20. The van der Waals surface area contributed by atoms with E-state index in [0.29, 0.717) is 10.9 Å². The summed E-state index contributed by atoms with van der Waals surface area (Å²) in [5.41, 5.74) is 0.978. The molecule has 0 aliphatic rings. The molecule has 0 bridgehead atoms. The first kappa shape index (κ1) is 15.0. The van der Waals surface area contributed by atoms with E-state index in [1.807, 2.05) is 31.2 Å². The molecule has 2 heterocycles. The number of nitrogens with zero attached hydrogens (tertiary/aromatic N) is 4. The Bertz CT molecular complexity index is 737. The summed E-state index contributed by atoms with van der Waals surface area (Å²) in [7, 11) is 1.81. The molecule has 22 heavy (non-hydrogen) atoms. The third-order valence-electron chi connectivity index (χ3n) is 3.37. The maximum Gasteiger partial charge on any atom is 0.233 e. The van der Waals surface area contributed by atoms with Crippen LogP contribution in [0.25, 0.3) is 10.2 Å². The minimum Gasteiger partial charge on any atom is -0.336 e. The fourth-order valence-electron chi connectivity index (χ4n) is 1.95. The molecular weight excluding hydrogens is 318 g/mol. The van der Waals surface area contributed by atoms with Gasteiger partial charge in [0.2, 0.25) is 5.91 Å². The SMILES string of the molecule is C[C@@H](c1nc2ccccc2s1)N(C)C(=O)CSc1ncn[nH]1. The fraction of sp³-hybridized carbons (Fsp3) is 0.286. The highest BCUT2D eigenvalue weighted by atomic mass is 32.2. The van der Waals surface area contributed by atoms with Crippen LogP contribution in [-0.2, 0) is 4.79 Å². The monoisotopic (exact) mass is 333 g/mol. The molecule has 3 aromatic rings. The van der Waals surface area contributed by atoms with Crippen LogP contribution in [0.5, 0.6) is 0 Å². The summed E-state index contributed by atoms with van der Waals surface area (Å²) in [6.07, 6.45) is 1.43. The zero-order valence-electron chi connectivity index (χ0n) is 12.2. The van der Waals surface area contributed by atoms with Gasteiger partial charge < -0.3 is 4.90 Å². The number of H-pyrrole nitrogens is 1. The molecule has 0 aliphatic heterocycles. The van der Waals surface area contributed by atoms with E-state index in [2.05, 4.69) is 20.2 Å². The molecule has 2 aromatic heterocycles. The molecule has 0 aliphatic carbocycles. The summed E-state index contributed by atoms with van der Waals surface area (Å²) in [5, 5.41) is 8.09. The summed E-state index contributed by atoms with van der Waals surface area (Å²) in [5.74, 6) is 0.356. The standard InChI is InChI=1S/C14H15N5OS2/c1-9(13-17-10-5-3-4-6-11(10)22-13)19(2)12(20)7-21-14-15-8-16-18-14/h3-6,8-9H,7H2,1-2H3,(H,15,16,18)/t9-/m0/s1. The van der Waals surface area contributed by atoms with Gasteiger partial charge in [-0.1, -0.05) is 23.9 Å². The predicted octanol–water partition coefficient (Wildman–Crippen LogP) is 2.73. The van der Waals surface area contributed by atoms with Crippen LogP contribution in [0.15, 0.2) is 35.7 Å². The van der Waals surface area contributed by atoms with Gasteiger partial charge in [-0.25, -0.2) is 9.97 Å². The van der Waals surface area contributed by atoms with Crippen LogP contribution in [0.1, 0.15) is 18.0 Å². The quantitative estimate of drug-likeness (QED) is 0.727. The van der Waals surface area contributed by atoms with Crippen molar-refractivity contribution >= 4 is 39.2 Å². The number of nitrogens with one attached hydrogen (secondary N) is 1. The van der Waals surface area contributed by atoms with E-state index in [4.69, 9.17) is 0 Å². The first-order chi connectivity index (χ1) is 10.6. The lowest BCUT2D eigenvalue weighted by Gasteiger charge is -2.22. The molecule has 0 radical (unpaired) electrons. The number of fused-ring (bicyclic) bond motifs is 1. The number of thiazole rings is 1. The average molecular weight is 333 g/mol. The number of carbonyl (C=O) groups excluding carboxylic acids is 1. The maximum atomic E-state index is 12.3.